The first kappa shape index (κ1) is 19.1. The van der Waals surface area contributed by atoms with Crippen LogP contribution in [0.3, 0.4) is 0 Å². The fraction of sp³-hybridized carbons (Fsp3) is 0.200. The summed E-state index contributed by atoms with van der Waals surface area (Å²) >= 11 is 0. The minimum Gasteiger partial charge on any atom is -0.497 e. The van der Waals surface area contributed by atoms with E-state index in [0.29, 0.717) is 22.9 Å². The van der Waals surface area contributed by atoms with Gasteiger partial charge in [-0.05, 0) is 37.3 Å². The predicted molar refractivity (Wildman–Crippen MR) is 105 cm³/mol. The number of benzene rings is 1. The fourth-order valence-electron chi connectivity index (χ4n) is 2.62. The van der Waals surface area contributed by atoms with E-state index in [-0.39, 0.29) is 5.56 Å². The molecule has 2 aromatic heterocycles. The molecule has 2 heterocycles. The molecule has 3 rings (SSSR count). The van der Waals surface area contributed by atoms with E-state index in [9.17, 15) is 9.59 Å². The molecule has 144 valence electrons. The van der Waals surface area contributed by atoms with E-state index in [1.54, 1.807) is 56.8 Å². The van der Waals surface area contributed by atoms with Crippen molar-refractivity contribution < 1.29 is 14.3 Å². The molecule has 1 unspecified atom stereocenters. The zero-order valence-corrected chi connectivity index (χ0v) is 15.7. The number of carbonyl (C=O) groups is 1. The molecule has 1 N–H and O–H groups in total. The van der Waals surface area contributed by atoms with E-state index in [4.69, 9.17) is 9.47 Å². The number of nitrogens with one attached hydrogen (secondary N) is 1. The summed E-state index contributed by atoms with van der Waals surface area (Å²) in [4.78, 5) is 29.0. The van der Waals surface area contributed by atoms with Crippen molar-refractivity contribution in [3.05, 3.63) is 65.2 Å². The zero-order chi connectivity index (χ0) is 20.1. The second-order valence-electron chi connectivity index (χ2n) is 5.97. The quantitative estimate of drug-likeness (QED) is 0.706. The lowest BCUT2D eigenvalue weighted by Gasteiger charge is -2.16. The Hall–Kier alpha value is -3.68. The average molecular weight is 380 g/mol. The monoisotopic (exact) mass is 380 g/mol. The Morgan fingerprint density at radius 1 is 1.14 bits per heavy atom. The molecule has 28 heavy (non-hydrogen) atoms. The van der Waals surface area contributed by atoms with Gasteiger partial charge in [0.25, 0.3) is 5.56 Å². The van der Waals surface area contributed by atoms with Crippen molar-refractivity contribution in [2.24, 2.45) is 0 Å². The highest BCUT2D eigenvalue weighted by Crippen LogP contribution is 2.29. The van der Waals surface area contributed by atoms with Gasteiger partial charge in [0.2, 0.25) is 5.91 Å². The number of methoxy groups -OCH3 is 2. The van der Waals surface area contributed by atoms with Crippen LogP contribution < -0.4 is 20.3 Å². The van der Waals surface area contributed by atoms with Gasteiger partial charge in [-0.25, -0.2) is 4.68 Å². The van der Waals surface area contributed by atoms with Crippen molar-refractivity contribution >= 4 is 11.6 Å². The number of aromatic nitrogens is 3. The third-order valence-corrected chi connectivity index (χ3v) is 4.20. The number of anilines is 1. The minimum atomic E-state index is -0.837. The molecule has 1 atom stereocenters. The van der Waals surface area contributed by atoms with Crippen LogP contribution in [-0.2, 0) is 4.79 Å². The summed E-state index contributed by atoms with van der Waals surface area (Å²) in [5.74, 6) is 0.649. The van der Waals surface area contributed by atoms with Gasteiger partial charge in [0, 0.05) is 30.1 Å². The molecule has 0 radical (unpaired) electrons. The molecule has 0 spiro atoms. The number of ether oxygens (including phenoxy) is 2. The highest BCUT2D eigenvalue weighted by atomic mass is 16.5. The molecule has 0 saturated heterocycles. The first-order chi connectivity index (χ1) is 13.5. The first-order valence-corrected chi connectivity index (χ1v) is 8.56. The number of amides is 1. The maximum atomic E-state index is 12.7. The molecule has 8 heteroatoms. The summed E-state index contributed by atoms with van der Waals surface area (Å²) in [6.45, 7) is 1.60. The van der Waals surface area contributed by atoms with Crippen LogP contribution in [0.4, 0.5) is 5.69 Å². The second-order valence-corrected chi connectivity index (χ2v) is 5.97. The van der Waals surface area contributed by atoms with Crippen molar-refractivity contribution in [2.75, 3.05) is 19.5 Å². The highest BCUT2D eigenvalue weighted by Gasteiger charge is 2.20. The summed E-state index contributed by atoms with van der Waals surface area (Å²) in [5.41, 5.74) is 1.39. The Kier molecular flexibility index (Phi) is 5.69. The topological polar surface area (TPSA) is 95.3 Å². The molecule has 0 aliphatic carbocycles. The van der Waals surface area contributed by atoms with Gasteiger partial charge in [0.1, 0.15) is 17.5 Å². The molecule has 1 amide bonds. The Morgan fingerprint density at radius 3 is 2.64 bits per heavy atom. The normalized spacial score (nSPS) is 11.5. The highest BCUT2D eigenvalue weighted by molar-refractivity contribution is 5.94. The van der Waals surface area contributed by atoms with Crippen molar-refractivity contribution in [1.82, 2.24) is 14.8 Å². The third-order valence-electron chi connectivity index (χ3n) is 4.20. The van der Waals surface area contributed by atoms with Crippen LogP contribution in [-0.4, -0.2) is 34.9 Å². The lowest BCUT2D eigenvalue weighted by atomic mass is 10.2. The molecule has 3 aromatic rings. The summed E-state index contributed by atoms with van der Waals surface area (Å²) in [5, 5.41) is 7.09. The predicted octanol–water partition coefficient (Wildman–Crippen LogP) is 2.52. The Labute approximate surface area is 161 Å². The van der Waals surface area contributed by atoms with Crippen molar-refractivity contribution in [1.29, 1.82) is 0 Å². The largest absolute Gasteiger partial charge is 0.497 e. The van der Waals surface area contributed by atoms with E-state index < -0.39 is 11.9 Å². The van der Waals surface area contributed by atoms with E-state index in [0.717, 1.165) is 10.2 Å². The molecular formula is C20H20N4O4. The molecule has 0 saturated carbocycles. The lowest BCUT2D eigenvalue weighted by Crippen LogP contribution is -2.33. The average Bonchev–Trinajstić information content (AvgIpc) is 2.74. The Balaban J connectivity index is 1.87. The number of hydrogen-bond acceptors (Lipinski definition) is 6. The third kappa shape index (κ3) is 4.01. The van der Waals surface area contributed by atoms with E-state index in [1.165, 1.54) is 13.2 Å². The van der Waals surface area contributed by atoms with E-state index in [2.05, 4.69) is 15.4 Å². The maximum Gasteiger partial charge on any atom is 0.267 e. The van der Waals surface area contributed by atoms with Gasteiger partial charge in [-0.1, -0.05) is 0 Å². The van der Waals surface area contributed by atoms with Crippen molar-refractivity contribution in [3.8, 4) is 22.8 Å². The Bertz CT molecular complexity index is 1030. The Morgan fingerprint density at radius 2 is 1.96 bits per heavy atom. The van der Waals surface area contributed by atoms with Crippen LogP contribution in [0.2, 0.25) is 0 Å². The molecule has 0 fully saturated rings. The number of rotatable bonds is 6. The van der Waals surface area contributed by atoms with Crippen LogP contribution in [0.5, 0.6) is 11.5 Å². The van der Waals surface area contributed by atoms with Gasteiger partial charge >= 0.3 is 0 Å². The second kappa shape index (κ2) is 8.34. The number of hydrogen-bond donors (Lipinski definition) is 1. The van der Waals surface area contributed by atoms with Crippen molar-refractivity contribution in [3.63, 3.8) is 0 Å². The SMILES string of the molecule is COc1ccc(NC(=O)C(C)n2nc(-c3cccnc3)ccc2=O)c(OC)c1. The molecule has 1 aromatic carbocycles. The number of nitrogens with zero attached hydrogens (tertiary/aromatic N) is 3. The minimum absolute atomic E-state index is 0.378. The van der Waals surface area contributed by atoms with Gasteiger partial charge in [0.15, 0.2) is 0 Å². The standard InChI is InChI=1S/C20H20N4O4/c1-13(20(26)22-17-7-6-15(27-2)11-18(17)28-3)24-19(25)9-8-16(23-24)14-5-4-10-21-12-14/h4-13H,1-3H3,(H,22,26). The smallest absolute Gasteiger partial charge is 0.267 e. The summed E-state index contributed by atoms with van der Waals surface area (Å²) in [7, 11) is 3.04. The summed E-state index contributed by atoms with van der Waals surface area (Å²) in [6, 6.07) is 10.8. The fourth-order valence-corrected chi connectivity index (χ4v) is 2.62. The molecule has 0 aliphatic rings. The molecular weight excluding hydrogens is 360 g/mol. The zero-order valence-electron chi connectivity index (χ0n) is 15.7. The van der Waals surface area contributed by atoms with Crippen LogP contribution in [0.25, 0.3) is 11.3 Å². The van der Waals surface area contributed by atoms with Crippen LogP contribution in [0.1, 0.15) is 13.0 Å². The van der Waals surface area contributed by atoms with Crippen LogP contribution >= 0.6 is 0 Å². The van der Waals surface area contributed by atoms with E-state index in [1.807, 2.05) is 6.07 Å². The van der Waals surface area contributed by atoms with Gasteiger partial charge in [-0.2, -0.15) is 5.10 Å². The van der Waals surface area contributed by atoms with Crippen molar-refractivity contribution in [2.45, 2.75) is 13.0 Å². The summed E-state index contributed by atoms with van der Waals surface area (Å²) in [6.07, 6.45) is 3.29. The van der Waals surface area contributed by atoms with E-state index >= 15 is 0 Å². The number of carbonyl (C=O) groups excluding carboxylic acids is 1. The van der Waals surface area contributed by atoms with Crippen LogP contribution in [0, 0.1) is 0 Å². The molecule has 0 bridgehead atoms. The van der Waals surface area contributed by atoms with Gasteiger partial charge in [0.05, 0.1) is 25.6 Å². The van der Waals surface area contributed by atoms with Gasteiger partial charge in [-0.15, -0.1) is 0 Å². The van der Waals surface area contributed by atoms with Gasteiger partial charge in [-0.3, -0.25) is 14.6 Å². The first-order valence-electron chi connectivity index (χ1n) is 8.56. The molecule has 8 nitrogen and oxygen atoms in total. The lowest BCUT2D eigenvalue weighted by molar-refractivity contribution is -0.119. The maximum absolute atomic E-state index is 12.7. The summed E-state index contributed by atoms with van der Waals surface area (Å²) < 4.78 is 11.6. The molecule has 0 aliphatic heterocycles. The van der Waals surface area contributed by atoms with Gasteiger partial charge < -0.3 is 14.8 Å². The number of pyridine rings is 1. The van der Waals surface area contributed by atoms with Crippen LogP contribution in [0.15, 0.2) is 59.7 Å².